The van der Waals surface area contributed by atoms with E-state index in [0.717, 1.165) is 6.29 Å². The van der Waals surface area contributed by atoms with Crippen molar-refractivity contribution in [2.45, 2.75) is 39.7 Å². The van der Waals surface area contributed by atoms with Crippen LogP contribution in [0.25, 0.3) is 5.95 Å². The molecule has 2 aromatic rings. The first-order chi connectivity index (χ1) is 9.81. The first kappa shape index (κ1) is 15.1. The lowest BCUT2D eigenvalue weighted by atomic mass is 9.81. The van der Waals surface area contributed by atoms with Gasteiger partial charge in [0.05, 0.1) is 0 Å². The molecular formula is C14H20N6O. The van der Waals surface area contributed by atoms with E-state index in [2.05, 4.69) is 25.4 Å². The SMILES string of the molecule is CC(C)(C=O)CC(C)(C)Nc1ncnc(-n2cccn2)n1. The Bertz CT molecular complexity index is 606. The molecule has 1 N–H and O–H groups in total. The summed E-state index contributed by atoms with van der Waals surface area (Å²) in [4.78, 5) is 23.6. The molecule has 0 unspecified atom stereocenters. The molecule has 2 aromatic heterocycles. The Morgan fingerprint density at radius 3 is 2.67 bits per heavy atom. The van der Waals surface area contributed by atoms with E-state index in [1.54, 1.807) is 23.1 Å². The number of rotatable bonds is 6. The molecule has 0 spiro atoms. The topological polar surface area (TPSA) is 85.6 Å². The van der Waals surface area contributed by atoms with Crippen molar-refractivity contribution in [1.29, 1.82) is 0 Å². The molecule has 0 aliphatic heterocycles. The summed E-state index contributed by atoms with van der Waals surface area (Å²) in [5.74, 6) is 0.908. The highest BCUT2D eigenvalue weighted by Gasteiger charge is 2.29. The highest BCUT2D eigenvalue weighted by atomic mass is 16.1. The van der Waals surface area contributed by atoms with Gasteiger partial charge < -0.3 is 10.1 Å². The Kier molecular flexibility index (Phi) is 4.02. The van der Waals surface area contributed by atoms with Crippen molar-refractivity contribution in [3.05, 3.63) is 24.8 Å². The van der Waals surface area contributed by atoms with E-state index < -0.39 is 5.41 Å². The van der Waals surface area contributed by atoms with Crippen LogP contribution in [-0.4, -0.2) is 36.6 Å². The smallest absolute Gasteiger partial charge is 0.255 e. The highest BCUT2D eigenvalue weighted by Crippen LogP contribution is 2.27. The summed E-state index contributed by atoms with van der Waals surface area (Å²) < 4.78 is 1.56. The van der Waals surface area contributed by atoms with Gasteiger partial charge in [0.25, 0.3) is 5.95 Å². The summed E-state index contributed by atoms with van der Waals surface area (Å²) >= 11 is 0. The van der Waals surface area contributed by atoms with Crippen molar-refractivity contribution in [1.82, 2.24) is 24.7 Å². The van der Waals surface area contributed by atoms with E-state index in [4.69, 9.17) is 0 Å². The van der Waals surface area contributed by atoms with Gasteiger partial charge in [0.15, 0.2) is 0 Å². The van der Waals surface area contributed by atoms with Crippen molar-refractivity contribution in [3.63, 3.8) is 0 Å². The first-order valence-corrected chi connectivity index (χ1v) is 6.75. The molecule has 0 aliphatic rings. The summed E-state index contributed by atoms with van der Waals surface area (Å²) in [6.45, 7) is 7.84. The van der Waals surface area contributed by atoms with Crippen molar-refractivity contribution in [2.75, 3.05) is 5.32 Å². The van der Waals surface area contributed by atoms with E-state index >= 15 is 0 Å². The summed E-state index contributed by atoms with van der Waals surface area (Å²) in [6, 6.07) is 1.80. The molecular weight excluding hydrogens is 268 g/mol. The van der Waals surface area contributed by atoms with E-state index in [1.165, 1.54) is 6.33 Å². The van der Waals surface area contributed by atoms with Gasteiger partial charge in [-0.15, -0.1) is 0 Å². The van der Waals surface area contributed by atoms with Crippen LogP contribution in [0.1, 0.15) is 34.1 Å². The number of hydrogen-bond donors (Lipinski definition) is 1. The van der Waals surface area contributed by atoms with E-state index in [9.17, 15) is 4.79 Å². The lowest BCUT2D eigenvalue weighted by molar-refractivity contribution is -0.115. The average molecular weight is 288 g/mol. The quantitative estimate of drug-likeness (QED) is 0.817. The van der Waals surface area contributed by atoms with Gasteiger partial charge in [-0.25, -0.2) is 9.67 Å². The van der Waals surface area contributed by atoms with Gasteiger partial charge in [0.1, 0.15) is 12.6 Å². The average Bonchev–Trinajstić information content (AvgIpc) is 2.91. The maximum absolute atomic E-state index is 11.1. The number of nitrogens with zero attached hydrogens (tertiary/aromatic N) is 5. The number of anilines is 1. The molecule has 0 fully saturated rings. The molecule has 0 amide bonds. The second-order valence-corrected chi connectivity index (χ2v) is 6.35. The standard InChI is InChI=1S/C14H20N6O/c1-13(2,9-21)8-14(3,4)19-11-15-10-16-12(18-11)20-7-5-6-17-20/h5-7,9-10H,8H2,1-4H3,(H,15,16,18,19). The monoisotopic (exact) mass is 288 g/mol. The van der Waals surface area contributed by atoms with Crippen LogP contribution in [0.2, 0.25) is 0 Å². The minimum Gasteiger partial charge on any atom is -0.349 e. The van der Waals surface area contributed by atoms with Crippen LogP contribution in [0.15, 0.2) is 24.8 Å². The van der Waals surface area contributed by atoms with Crippen LogP contribution in [0.5, 0.6) is 0 Å². The number of aromatic nitrogens is 5. The molecule has 2 rings (SSSR count). The fraction of sp³-hybridized carbons (Fsp3) is 0.500. The second-order valence-electron chi connectivity index (χ2n) is 6.35. The minimum atomic E-state index is -0.408. The van der Waals surface area contributed by atoms with Crippen LogP contribution in [-0.2, 0) is 4.79 Å². The fourth-order valence-electron chi connectivity index (χ4n) is 2.37. The lowest BCUT2D eigenvalue weighted by Crippen LogP contribution is -2.37. The Labute approximate surface area is 123 Å². The van der Waals surface area contributed by atoms with Crippen LogP contribution < -0.4 is 5.32 Å². The van der Waals surface area contributed by atoms with Crippen LogP contribution in [0, 0.1) is 5.41 Å². The summed E-state index contributed by atoms with van der Waals surface area (Å²) in [7, 11) is 0. The van der Waals surface area contributed by atoms with Crippen molar-refractivity contribution in [3.8, 4) is 5.95 Å². The van der Waals surface area contributed by atoms with Gasteiger partial charge >= 0.3 is 0 Å². The lowest BCUT2D eigenvalue weighted by Gasteiger charge is -2.32. The normalized spacial score (nSPS) is 12.2. The van der Waals surface area contributed by atoms with Crippen molar-refractivity contribution < 1.29 is 4.79 Å². The zero-order chi connectivity index (χ0) is 15.5. The molecule has 0 aromatic carbocycles. The number of nitrogens with one attached hydrogen (secondary N) is 1. The third kappa shape index (κ3) is 4.08. The van der Waals surface area contributed by atoms with E-state index in [1.807, 2.05) is 27.7 Å². The Balaban J connectivity index is 2.16. The third-order valence-electron chi connectivity index (χ3n) is 2.94. The molecule has 7 nitrogen and oxygen atoms in total. The molecule has 21 heavy (non-hydrogen) atoms. The molecule has 0 saturated carbocycles. The summed E-state index contributed by atoms with van der Waals surface area (Å²) in [6.07, 6.45) is 6.49. The Morgan fingerprint density at radius 1 is 1.29 bits per heavy atom. The predicted molar refractivity (Wildman–Crippen MR) is 79.1 cm³/mol. The number of carbonyl (C=O) groups excluding carboxylic acids is 1. The van der Waals surface area contributed by atoms with Gasteiger partial charge in [-0.2, -0.15) is 15.1 Å². The van der Waals surface area contributed by atoms with Gasteiger partial charge in [-0.3, -0.25) is 0 Å². The minimum absolute atomic E-state index is 0.326. The molecule has 0 atom stereocenters. The maximum atomic E-state index is 11.1. The summed E-state index contributed by atoms with van der Waals surface area (Å²) in [5.41, 5.74) is -0.735. The predicted octanol–water partition coefficient (Wildman–Crippen LogP) is 1.86. The zero-order valence-electron chi connectivity index (χ0n) is 12.7. The third-order valence-corrected chi connectivity index (χ3v) is 2.94. The molecule has 0 saturated heterocycles. The van der Waals surface area contributed by atoms with Gasteiger partial charge in [-0.1, -0.05) is 13.8 Å². The van der Waals surface area contributed by atoms with Gasteiger partial charge in [-0.05, 0) is 26.3 Å². The number of carbonyl (C=O) groups is 1. The van der Waals surface area contributed by atoms with Gasteiger partial charge in [0, 0.05) is 23.3 Å². The van der Waals surface area contributed by atoms with E-state index in [0.29, 0.717) is 18.3 Å². The molecule has 0 aliphatic carbocycles. The molecule has 0 bridgehead atoms. The molecule has 112 valence electrons. The van der Waals surface area contributed by atoms with Crippen LogP contribution in [0.4, 0.5) is 5.95 Å². The van der Waals surface area contributed by atoms with E-state index in [-0.39, 0.29) is 5.54 Å². The first-order valence-electron chi connectivity index (χ1n) is 6.75. The summed E-state index contributed by atoms with van der Waals surface area (Å²) in [5, 5.41) is 7.34. The highest BCUT2D eigenvalue weighted by molar-refractivity contribution is 5.58. The zero-order valence-corrected chi connectivity index (χ0v) is 12.7. The molecule has 2 heterocycles. The van der Waals surface area contributed by atoms with Crippen LogP contribution >= 0.6 is 0 Å². The molecule has 0 radical (unpaired) electrons. The Hall–Kier alpha value is -2.31. The van der Waals surface area contributed by atoms with Gasteiger partial charge in [0.2, 0.25) is 5.95 Å². The second kappa shape index (κ2) is 5.59. The molecule has 7 heteroatoms. The number of hydrogen-bond acceptors (Lipinski definition) is 6. The van der Waals surface area contributed by atoms with Crippen molar-refractivity contribution in [2.24, 2.45) is 5.41 Å². The fourth-order valence-corrected chi connectivity index (χ4v) is 2.37. The Morgan fingerprint density at radius 2 is 2.05 bits per heavy atom. The van der Waals surface area contributed by atoms with Crippen LogP contribution in [0.3, 0.4) is 0 Å². The largest absolute Gasteiger partial charge is 0.349 e. The van der Waals surface area contributed by atoms with Crippen molar-refractivity contribution >= 4 is 12.2 Å². The number of aldehydes is 1. The maximum Gasteiger partial charge on any atom is 0.255 e.